The minimum Gasteiger partial charge on any atom is -0.264 e. The van der Waals surface area contributed by atoms with Crippen LogP contribution in [0.15, 0.2) is 18.2 Å². The molecule has 1 aromatic carbocycles. The average Bonchev–Trinajstić information content (AvgIpc) is 2.69. The van der Waals surface area contributed by atoms with Crippen molar-refractivity contribution in [2.24, 2.45) is 0 Å². The first-order chi connectivity index (χ1) is 9.08. The van der Waals surface area contributed by atoms with E-state index in [-0.39, 0.29) is 0 Å². The number of hydrogen-bond acceptors (Lipinski definition) is 1. The van der Waals surface area contributed by atoms with E-state index in [9.17, 15) is 0 Å². The molecule has 0 aliphatic heterocycles. The van der Waals surface area contributed by atoms with Crippen molar-refractivity contribution in [2.75, 3.05) is 0 Å². The van der Waals surface area contributed by atoms with Crippen LogP contribution in [0.5, 0.6) is 0 Å². The van der Waals surface area contributed by atoms with E-state index in [4.69, 9.17) is 23.2 Å². The first kappa shape index (κ1) is 15.1. The van der Waals surface area contributed by atoms with Gasteiger partial charge in [0, 0.05) is 15.6 Å². The third-order valence-corrected chi connectivity index (χ3v) is 5.05. The summed E-state index contributed by atoms with van der Waals surface area (Å²) in [6.07, 6.45) is 1.89. The molecule has 0 bridgehead atoms. The summed E-state index contributed by atoms with van der Waals surface area (Å²) in [7, 11) is 0. The Morgan fingerprint density at radius 3 is 2.32 bits per heavy atom. The Balaban J connectivity index is 2.43. The lowest BCUT2D eigenvalue weighted by molar-refractivity contribution is 0.640. The fourth-order valence-electron chi connectivity index (χ4n) is 2.06. The van der Waals surface area contributed by atoms with Gasteiger partial charge in [-0.05, 0) is 47.6 Å². The summed E-state index contributed by atoms with van der Waals surface area (Å²) in [6.45, 7) is 4.89. The highest BCUT2D eigenvalue weighted by Crippen LogP contribution is 2.27. The lowest BCUT2D eigenvalue weighted by Crippen LogP contribution is -2.07. The summed E-state index contributed by atoms with van der Waals surface area (Å²) in [5.74, 6) is 0. The van der Waals surface area contributed by atoms with Crippen molar-refractivity contribution in [3.05, 3.63) is 48.8 Å². The lowest BCUT2D eigenvalue weighted by atomic mass is 10.2. The van der Waals surface area contributed by atoms with Gasteiger partial charge in [-0.15, -0.1) is 0 Å². The summed E-state index contributed by atoms with van der Waals surface area (Å²) in [6, 6.07) is 5.59. The predicted octanol–water partition coefficient (Wildman–Crippen LogP) is 4.97. The van der Waals surface area contributed by atoms with Gasteiger partial charge in [0.2, 0.25) is 0 Å². The molecule has 0 spiro atoms. The summed E-state index contributed by atoms with van der Waals surface area (Å²) in [4.78, 5) is 0. The van der Waals surface area contributed by atoms with E-state index >= 15 is 0 Å². The van der Waals surface area contributed by atoms with E-state index in [1.807, 2.05) is 22.9 Å². The van der Waals surface area contributed by atoms with Gasteiger partial charge in [-0.1, -0.05) is 43.1 Å². The fourth-order valence-corrected chi connectivity index (χ4v) is 3.72. The second kappa shape index (κ2) is 6.46. The molecule has 1 aromatic heterocycles. The van der Waals surface area contributed by atoms with Gasteiger partial charge in [0.25, 0.3) is 0 Å². The molecule has 0 radical (unpaired) electrons. The van der Waals surface area contributed by atoms with Crippen molar-refractivity contribution in [1.29, 1.82) is 0 Å². The molecular formula is C14H15Cl2IN2. The third-order valence-electron chi connectivity index (χ3n) is 3.10. The van der Waals surface area contributed by atoms with Crippen LogP contribution in [0, 0.1) is 3.57 Å². The maximum Gasteiger partial charge on any atom is 0.0758 e. The van der Waals surface area contributed by atoms with Crippen LogP contribution in [0.3, 0.4) is 0 Å². The molecule has 0 saturated heterocycles. The van der Waals surface area contributed by atoms with Crippen LogP contribution < -0.4 is 0 Å². The van der Waals surface area contributed by atoms with E-state index in [1.54, 1.807) is 0 Å². The number of nitrogens with zero attached hydrogens (tertiary/aromatic N) is 2. The molecule has 0 amide bonds. The van der Waals surface area contributed by atoms with Gasteiger partial charge < -0.3 is 0 Å². The Hall–Kier alpha value is -0.260. The molecule has 5 heteroatoms. The van der Waals surface area contributed by atoms with E-state index in [0.29, 0.717) is 16.6 Å². The minimum atomic E-state index is 0.623. The monoisotopic (exact) mass is 408 g/mol. The number of aromatic nitrogens is 2. The maximum absolute atomic E-state index is 6.23. The second-order valence-corrected chi connectivity index (χ2v) is 6.17. The van der Waals surface area contributed by atoms with E-state index in [1.165, 1.54) is 9.26 Å². The molecule has 2 nitrogen and oxygen atoms in total. The second-order valence-electron chi connectivity index (χ2n) is 4.27. The largest absolute Gasteiger partial charge is 0.264 e. The minimum absolute atomic E-state index is 0.623. The molecule has 0 N–H and O–H groups in total. The SMILES string of the molecule is CCc1nn(Cc2c(Cl)cccc2Cl)c(CC)c1I. The van der Waals surface area contributed by atoms with Gasteiger partial charge in [-0.3, -0.25) is 4.68 Å². The molecule has 2 rings (SSSR count). The van der Waals surface area contributed by atoms with Crippen molar-refractivity contribution in [3.63, 3.8) is 0 Å². The van der Waals surface area contributed by atoms with E-state index in [0.717, 1.165) is 24.1 Å². The number of rotatable bonds is 4. The molecule has 0 aliphatic rings. The van der Waals surface area contributed by atoms with Crippen molar-refractivity contribution in [2.45, 2.75) is 33.2 Å². The number of hydrogen-bond donors (Lipinski definition) is 0. The Morgan fingerprint density at radius 1 is 1.16 bits per heavy atom. The number of aryl methyl sites for hydroxylation is 1. The third kappa shape index (κ3) is 3.09. The highest BCUT2D eigenvalue weighted by atomic mass is 127. The first-order valence-electron chi connectivity index (χ1n) is 6.25. The summed E-state index contributed by atoms with van der Waals surface area (Å²) in [5, 5.41) is 6.05. The highest BCUT2D eigenvalue weighted by molar-refractivity contribution is 14.1. The molecule has 0 atom stereocenters. The van der Waals surface area contributed by atoms with E-state index < -0.39 is 0 Å². The normalized spacial score (nSPS) is 11.0. The quantitative estimate of drug-likeness (QED) is 0.653. The van der Waals surface area contributed by atoms with Crippen LogP contribution in [0.4, 0.5) is 0 Å². The van der Waals surface area contributed by atoms with Crippen LogP contribution in [0.2, 0.25) is 10.0 Å². The Morgan fingerprint density at radius 2 is 1.79 bits per heavy atom. The first-order valence-corrected chi connectivity index (χ1v) is 8.08. The Labute approximate surface area is 137 Å². The molecule has 19 heavy (non-hydrogen) atoms. The van der Waals surface area contributed by atoms with Crippen LogP contribution in [-0.2, 0) is 19.4 Å². The van der Waals surface area contributed by atoms with Crippen molar-refractivity contribution in [3.8, 4) is 0 Å². The topological polar surface area (TPSA) is 17.8 Å². The molecule has 0 fully saturated rings. The van der Waals surface area contributed by atoms with Crippen molar-refractivity contribution >= 4 is 45.8 Å². The molecular weight excluding hydrogens is 394 g/mol. The summed E-state index contributed by atoms with van der Waals surface area (Å²) >= 11 is 14.8. The number of halogens is 3. The van der Waals surface area contributed by atoms with Crippen LogP contribution in [0.1, 0.15) is 30.8 Å². The smallest absolute Gasteiger partial charge is 0.0758 e. The summed E-state index contributed by atoms with van der Waals surface area (Å²) < 4.78 is 3.28. The Kier molecular flexibility index (Phi) is 5.15. The zero-order valence-electron chi connectivity index (χ0n) is 10.9. The Bertz CT molecular complexity index is 573. The molecule has 2 aromatic rings. The summed E-state index contributed by atoms with van der Waals surface area (Å²) in [5.41, 5.74) is 3.32. The van der Waals surface area contributed by atoms with Gasteiger partial charge in [-0.2, -0.15) is 5.10 Å². The van der Waals surface area contributed by atoms with Gasteiger partial charge >= 0.3 is 0 Å². The lowest BCUT2D eigenvalue weighted by Gasteiger charge is -2.09. The number of benzene rings is 1. The molecule has 1 heterocycles. The maximum atomic E-state index is 6.23. The van der Waals surface area contributed by atoms with Crippen LogP contribution in [0.25, 0.3) is 0 Å². The molecule has 0 aliphatic carbocycles. The van der Waals surface area contributed by atoms with Gasteiger partial charge in [-0.25, -0.2) is 0 Å². The van der Waals surface area contributed by atoms with Gasteiger partial charge in [0.1, 0.15) is 0 Å². The highest BCUT2D eigenvalue weighted by Gasteiger charge is 2.15. The molecule has 102 valence electrons. The van der Waals surface area contributed by atoms with Gasteiger partial charge in [0.05, 0.1) is 21.5 Å². The van der Waals surface area contributed by atoms with E-state index in [2.05, 4.69) is 41.5 Å². The van der Waals surface area contributed by atoms with Crippen LogP contribution in [-0.4, -0.2) is 9.78 Å². The zero-order valence-corrected chi connectivity index (χ0v) is 14.6. The fraction of sp³-hybridized carbons (Fsp3) is 0.357. The predicted molar refractivity (Wildman–Crippen MR) is 89.3 cm³/mol. The van der Waals surface area contributed by atoms with Crippen molar-refractivity contribution < 1.29 is 0 Å². The zero-order chi connectivity index (χ0) is 14.0. The standard InChI is InChI=1S/C14H15Cl2IN2/c1-3-12-14(17)13(4-2)19(18-12)8-9-10(15)6-5-7-11(9)16/h5-7H,3-4,8H2,1-2H3. The molecule has 0 saturated carbocycles. The average molecular weight is 409 g/mol. The van der Waals surface area contributed by atoms with Gasteiger partial charge in [0.15, 0.2) is 0 Å². The molecule has 0 unspecified atom stereocenters. The van der Waals surface area contributed by atoms with Crippen molar-refractivity contribution in [1.82, 2.24) is 9.78 Å². The van der Waals surface area contributed by atoms with Crippen LogP contribution >= 0.6 is 45.8 Å².